The minimum Gasteiger partial charge on any atom is -0.467 e. The molecule has 0 fully saturated rings. The van der Waals surface area contributed by atoms with Crippen LogP contribution < -0.4 is 5.32 Å². The summed E-state index contributed by atoms with van der Waals surface area (Å²) in [7, 11) is 2.91. The van der Waals surface area contributed by atoms with Crippen molar-refractivity contribution < 1.29 is 14.5 Å². The lowest BCUT2D eigenvalue weighted by molar-refractivity contribution is -0.384. The molecule has 1 atom stereocenters. The smallest absolute Gasteiger partial charge is 0.334 e. The zero-order valence-corrected chi connectivity index (χ0v) is 13.1. The predicted octanol–water partition coefficient (Wildman–Crippen LogP) is 2.03. The van der Waals surface area contributed by atoms with Crippen molar-refractivity contribution in [2.75, 3.05) is 12.4 Å². The molecule has 0 spiro atoms. The van der Waals surface area contributed by atoms with Crippen molar-refractivity contribution in [1.29, 1.82) is 0 Å². The molecule has 21 heavy (non-hydrogen) atoms. The van der Waals surface area contributed by atoms with Crippen LogP contribution in [0.2, 0.25) is 0 Å². The Labute approximate surface area is 123 Å². The fourth-order valence-electron chi connectivity index (χ4n) is 2.34. The highest BCUT2D eigenvalue weighted by Gasteiger charge is 2.38. The molecule has 0 aliphatic rings. The van der Waals surface area contributed by atoms with E-state index in [1.807, 2.05) is 6.92 Å². The number of aryl methyl sites for hydroxylation is 2. The third-order valence-corrected chi connectivity index (χ3v) is 3.39. The second-order valence-electron chi connectivity index (χ2n) is 5.08. The lowest BCUT2D eigenvalue weighted by Gasteiger charge is -2.28. The summed E-state index contributed by atoms with van der Waals surface area (Å²) in [5.41, 5.74) is -0.743. The van der Waals surface area contributed by atoms with Crippen LogP contribution in [0.5, 0.6) is 0 Å². The average molecular weight is 298 g/mol. The molecule has 0 bridgehead atoms. The first-order valence-electron chi connectivity index (χ1n) is 6.87. The van der Waals surface area contributed by atoms with Gasteiger partial charge in [-0.3, -0.25) is 10.1 Å². The van der Waals surface area contributed by atoms with Crippen molar-refractivity contribution in [2.24, 2.45) is 7.05 Å². The Morgan fingerprint density at radius 1 is 1.52 bits per heavy atom. The molecule has 0 radical (unpaired) electrons. The lowest BCUT2D eigenvalue weighted by Crippen LogP contribution is -2.44. The molecule has 118 valence electrons. The number of anilines is 1. The van der Waals surface area contributed by atoms with E-state index in [4.69, 9.17) is 4.74 Å². The van der Waals surface area contributed by atoms with Crippen LogP contribution in [0.15, 0.2) is 0 Å². The second kappa shape index (κ2) is 6.55. The van der Waals surface area contributed by atoms with Crippen molar-refractivity contribution in [3.8, 4) is 0 Å². The van der Waals surface area contributed by atoms with Crippen LogP contribution in [0.1, 0.15) is 39.3 Å². The molecule has 1 rings (SSSR count). The monoisotopic (exact) mass is 298 g/mol. The SMILES string of the molecule is CCCC(C)(Nc1c([N+](=O)[O-])c(CC)nn1C)C(=O)OC. The Balaban J connectivity index is 3.30. The number of rotatable bonds is 7. The van der Waals surface area contributed by atoms with Gasteiger partial charge in [-0.15, -0.1) is 0 Å². The van der Waals surface area contributed by atoms with Gasteiger partial charge in [0.2, 0.25) is 5.82 Å². The summed E-state index contributed by atoms with van der Waals surface area (Å²) in [6.07, 6.45) is 1.66. The Morgan fingerprint density at radius 3 is 2.57 bits per heavy atom. The minimum atomic E-state index is -1.03. The maximum Gasteiger partial charge on any atom is 0.334 e. The number of ether oxygens (including phenoxy) is 1. The van der Waals surface area contributed by atoms with E-state index in [1.165, 1.54) is 11.8 Å². The molecule has 0 aliphatic heterocycles. The molecule has 1 N–H and O–H groups in total. The number of methoxy groups -OCH3 is 1. The average Bonchev–Trinajstić information content (AvgIpc) is 2.74. The predicted molar refractivity (Wildman–Crippen MR) is 78.2 cm³/mol. The van der Waals surface area contributed by atoms with Gasteiger partial charge in [0.05, 0.1) is 12.0 Å². The third kappa shape index (κ3) is 3.32. The number of hydrogen-bond acceptors (Lipinski definition) is 6. The van der Waals surface area contributed by atoms with Gasteiger partial charge < -0.3 is 10.1 Å². The molecule has 0 saturated carbocycles. The Hall–Kier alpha value is -2.12. The van der Waals surface area contributed by atoms with Crippen molar-refractivity contribution in [1.82, 2.24) is 9.78 Å². The number of hydrogen-bond donors (Lipinski definition) is 1. The van der Waals surface area contributed by atoms with E-state index >= 15 is 0 Å². The van der Waals surface area contributed by atoms with Crippen LogP contribution in [0, 0.1) is 10.1 Å². The van der Waals surface area contributed by atoms with Crippen LogP contribution in [-0.2, 0) is 23.0 Å². The Morgan fingerprint density at radius 2 is 2.14 bits per heavy atom. The maximum absolute atomic E-state index is 12.0. The first kappa shape index (κ1) is 16.9. The molecule has 0 aromatic carbocycles. The molecular formula is C13H22N4O4. The summed E-state index contributed by atoms with van der Waals surface area (Å²) in [6, 6.07) is 0. The van der Waals surface area contributed by atoms with Crippen molar-refractivity contribution in [2.45, 2.75) is 45.6 Å². The summed E-state index contributed by atoms with van der Waals surface area (Å²) in [4.78, 5) is 22.8. The van der Waals surface area contributed by atoms with Crippen LogP contribution in [0.25, 0.3) is 0 Å². The zero-order chi connectivity index (χ0) is 16.2. The largest absolute Gasteiger partial charge is 0.467 e. The molecule has 0 amide bonds. The summed E-state index contributed by atoms with van der Waals surface area (Å²) < 4.78 is 6.21. The van der Waals surface area contributed by atoms with Crippen LogP contribution in [0.4, 0.5) is 11.5 Å². The van der Waals surface area contributed by atoms with Crippen molar-refractivity contribution in [3.63, 3.8) is 0 Å². The van der Waals surface area contributed by atoms with E-state index in [2.05, 4.69) is 10.4 Å². The van der Waals surface area contributed by atoms with E-state index in [1.54, 1.807) is 20.9 Å². The maximum atomic E-state index is 12.0. The van der Waals surface area contributed by atoms with Gasteiger partial charge in [-0.25, -0.2) is 9.48 Å². The van der Waals surface area contributed by atoms with E-state index < -0.39 is 16.4 Å². The fourth-order valence-corrected chi connectivity index (χ4v) is 2.34. The summed E-state index contributed by atoms with van der Waals surface area (Å²) in [5.74, 6) is -0.240. The van der Waals surface area contributed by atoms with Crippen molar-refractivity contribution >= 4 is 17.5 Å². The summed E-state index contributed by atoms with van der Waals surface area (Å²) >= 11 is 0. The molecule has 0 saturated heterocycles. The Bertz CT molecular complexity index is 541. The quantitative estimate of drug-likeness (QED) is 0.470. The molecular weight excluding hydrogens is 276 g/mol. The van der Waals surface area contributed by atoms with E-state index in [0.29, 0.717) is 18.5 Å². The fraction of sp³-hybridized carbons (Fsp3) is 0.692. The van der Waals surface area contributed by atoms with Gasteiger partial charge in [0, 0.05) is 7.05 Å². The molecule has 8 heteroatoms. The van der Waals surface area contributed by atoms with Crippen LogP contribution in [0.3, 0.4) is 0 Å². The highest BCUT2D eigenvalue weighted by atomic mass is 16.6. The summed E-state index contributed by atoms with van der Waals surface area (Å²) in [6.45, 7) is 5.40. The standard InChI is InChI=1S/C13H22N4O4/c1-6-8-13(3,12(18)21-5)14-11-10(17(19)20)9(7-2)15-16(11)4/h14H,6-8H2,1-5H3. The number of esters is 1. The zero-order valence-electron chi connectivity index (χ0n) is 13.1. The molecule has 8 nitrogen and oxygen atoms in total. The third-order valence-electron chi connectivity index (χ3n) is 3.39. The molecule has 1 aromatic rings. The van der Waals surface area contributed by atoms with Gasteiger partial charge in [0.1, 0.15) is 11.2 Å². The van der Waals surface area contributed by atoms with E-state index in [9.17, 15) is 14.9 Å². The number of carbonyl (C=O) groups excluding carboxylic acids is 1. The first-order chi connectivity index (χ1) is 9.80. The Kier molecular flexibility index (Phi) is 5.28. The van der Waals surface area contributed by atoms with Crippen LogP contribution in [-0.4, -0.2) is 33.3 Å². The number of aromatic nitrogens is 2. The molecule has 1 unspecified atom stereocenters. The van der Waals surface area contributed by atoms with Gasteiger partial charge in [-0.1, -0.05) is 20.3 Å². The molecule has 1 heterocycles. The number of nitro groups is 1. The van der Waals surface area contributed by atoms with Gasteiger partial charge in [0.15, 0.2) is 0 Å². The van der Waals surface area contributed by atoms with E-state index in [0.717, 1.165) is 6.42 Å². The molecule has 0 aliphatic carbocycles. The number of carbonyl (C=O) groups is 1. The number of nitrogens with zero attached hydrogens (tertiary/aromatic N) is 3. The normalized spacial score (nSPS) is 13.6. The van der Waals surface area contributed by atoms with Crippen molar-refractivity contribution in [3.05, 3.63) is 15.8 Å². The van der Waals surface area contributed by atoms with Gasteiger partial charge in [0.25, 0.3) is 0 Å². The highest BCUT2D eigenvalue weighted by Crippen LogP contribution is 2.32. The second-order valence-corrected chi connectivity index (χ2v) is 5.08. The topological polar surface area (TPSA) is 99.3 Å². The highest BCUT2D eigenvalue weighted by molar-refractivity contribution is 5.84. The van der Waals surface area contributed by atoms with Gasteiger partial charge >= 0.3 is 11.7 Å². The summed E-state index contributed by atoms with van der Waals surface area (Å²) in [5, 5.41) is 18.4. The molecule has 1 aromatic heterocycles. The van der Waals surface area contributed by atoms with Gasteiger partial charge in [-0.2, -0.15) is 5.10 Å². The number of nitrogens with one attached hydrogen (secondary N) is 1. The minimum absolute atomic E-state index is 0.0915. The lowest BCUT2D eigenvalue weighted by atomic mass is 9.96. The van der Waals surface area contributed by atoms with Gasteiger partial charge in [-0.05, 0) is 19.8 Å². The first-order valence-corrected chi connectivity index (χ1v) is 6.87. The van der Waals surface area contributed by atoms with Crippen LogP contribution >= 0.6 is 0 Å². The van der Waals surface area contributed by atoms with E-state index in [-0.39, 0.29) is 11.5 Å².